The second-order valence-electron chi connectivity index (χ2n) is 5.89. The molecule has 0 aliphatic heterocycles. The minimum Gasteiger partial charge on any atom is -0.396 e. The summed E-state index contributed by atoms with van der Waals surface area (Å²) in [6, 6.07) is 0. The van der Waals surface area contributed by atoms with Crippen LogP contribution >= 0.6 is 0 Å². The van der Waals surface area contributed by atoms with E-state index in [1.165, 1.54) is 11.1 Å². The molecule has 2 aliphatic rings. The molecule has 6 atom stereocenters. The van der Waals surface area contributed by atoms with E-state index in [9.17, 15) is 20.4 Å². The second kappa shape index (κ2) is 5.29. The van der Waals surface area contributed by atoms with Crippen molar-refractivity contribution in [1.82, 2.24) is 0 Å². The van der Waals surface area contributed by atoms with Gasteiger partial charge in [-0.1, -0.05) is 11.1 Å². The monoisotopic (exact) mass is 256 g/mol. The van der Waals surface area contributed by atoms with Gasteiger partial charge in [-0.25, -0.2) is 0 Å². The zero-order valence-electron chi connectivity index (χ0n) is 11.1. The van der Waals surface area contributed by atoms with E-state index in [2.05, 4.69) is 0 Å². The lowest BCUT2D eigenvalue weighted by molar-refractivity contribution is -0.0154. The highest BCUT2D eigenvalue weighted by Gasteiger charge is 2.59. The first-order valence-corrected chi connectivity index (χ1v) is 6.73. The number of hydrogen-bond donors (Lipinski definition) is 4. The molecule has 2 bridgehead atoms. The molecule has 0 spiro atoms. The van der Waals surface area contributed by atoms with Crippen LogP contribution in [0.2, 0.25) is 0 Å². The molecule has 4 N–H and O–H groups in total. The van der Waals surface area contributed by atoms with Crippen molar-refractivity contribution in [1.29, 1.82) is 0 Å². The van der Waals surface area contributed by atoms with Crippen LogP contribution in [-0.2, 0) is 0 Å². The molecule has 2 saturated carbocycles. The molecule has 0 aromatic carbocycles. The van der Waals surface area contributed by atoms with E-state index >= 15 is 0 Å². The fourth-order valence-corrected chi connectivity index (χ4v) is 4.51. The number of allylic oxidation sites excluding steroid dienone is 2. The molecule has 2 unspecified atom stereocenters. The number of hydrogen-bond acceptors (Lipinski definition) is 4. The largest absolute Gasteiger partial charge is 0.396 e. The second-order valence-corrected chi connectivity index (χ2v) is 5.89. The Morgan fingerprint density at radius 2 is 1.00 bits per heavy atom. The Kier molecular flexibility index (Phi) is 4.11. The van der Waals surface area contributed by atoms with Crippen LogP contribution in [0.5, 0.6) is 0 Å². The van der Waals surface area contributed by atoms with Gasteiger partial charge in [0.2, 0.25) is 0 Å². The number of aliphatic hydroxyl groups is 4. The first-order valence-electron chi connectivity index (χ1n) is 6.73. The standard InChI is InChI=1S/C14H24O4/c1-7(2)12-13-8(3-15)9(4-16)14(12)11(6-18)10(13)5-17/h8-11,13-18H,3-6H2,1-2H3/t8-,9+,10+,11-,13?,14?. The van der Waals surface area contributed by atoms with Crippen molar-refractivity contribution in [3.05, 3.63) is 11.1 Å². The van der Waals surface area contributed by atoms with Gasteiger partial charge in [-0.05, 0) is 49.4 Å². The van der Waals surface area contributed by atoms with Gasteiger partial charge >= 0.3 is 0 Å². The fourth-order valence-electron chi connectivity index (χ4n) is 4.51. The van der Waals surface area contributed by atoms with Crippen molar-refractivity contribution in [2.45, 2.75) is 13.8 Å². The van der Waals surface area contributed by atoms with E-state index in [4.69, 9.17) is 0 Å². The lowest BCUT2D eigenvalue weighted by atomic mass is 9.69. The van der Waals surface area contributed by atoms with Crippen LogP contribution in [0.15, 0.2) is 11.1 Å². The summed E-state index contributed by atoms with van der Waals surface area (Å²) < 4.78 is 0. The van der Waals surface area contributed by atoms with Gasteiger partial charge in [0.15, 0.2) is 0 Å². The molecule has 2 rings (SSSR count). The first-order chi connectivity index (χ1) is 8.62. The molecule has 0 heterocycles. The third kappa shape index (κ3) is 1.74. The minimum absolute atomic E-state index is 0.0184. The van der Waals surface area contributed by atoms with Crippen LogP contribution in [0.1, 0.15) is 13.8 Å². The van der Waals surface area contributed by atoms with Crippen molar-refractivity contribution in [2.75, 3.05) is 26.4 Å². The van der Waals surface area contributed by atoms with E-state index in [-0.39, 0.29) is 61.9 Å². The van der Waals surface area contributed by atoms with Crippen molar-refractivity contribution >= 4 is 0 Å². The fraction of sp³-hybridized carbons (Fsp3) is 0.857. The molecule has 0 aromatic rings. The van der Waals surface area contributed by atoms with Gasteiger partial charge in [-0.3, -0.25) is 0 Å². The molecule has 0 saturated heterocycles. The van der Waals surface area contributed by atoms with Crippen LogP contribution in [0, 0.1) is 35.5 Å². The molecular weight excluding hydrogens is 232 g/mol. The van der Waals surface area contributed by atoms with E-state index in [0.717, 1.165) is 0 Å². The maximum absolute atomic E-state index is 9.58. The molecule has 2 fully saturated rings. The molecule has 18 heavy (non-hydrogen) atoms. The molecule has 0 aromatic heterocycles. The molecule has 104 valence electrons. The summed E-state index contributed by atoms with van der Waals surface area (Å²) >= 11 is 0. The summed E-state index contributed by atoms with van der Waals surface area (Å²) in [5.74, 6) is 0.304. The zero-order chi connectivity index (χ0) is 13.4. The summed E-state index contributed by atoms with van der Waals surface area (Å²) in [6.07, 6.45) is 0. The van der Waals surface area contributed by atoms with Gasteiger partial charge in [-0.2, -0.15) is 0 Å². The first kappa shape index (κ1) is 14.0. The van der Waals surface area contributed by atoms with Crippen molar-refractivity contribution in [2.24, 2.45) is 35.5 Å². The number of rotatable bonds is 4. The predicted octanol–water partition coefficient (Wildman–Crippen LogP) is 0.0164. The van der Waals surface area contributed by atoms with Crippen LogP contribution in [-0.4, -0.2) is 46.9 Å². The molecule has 4 nitrogen and oxygen atoms in total. The average Bonchev–Trinajstić information content (AvgIpc) is 2.86. The highest BCUT2D eigenvalue weighted by molar-refractivity contribution is 5.32. The van der Waals surface area contributed by atoms with Crippen LogP contribution in [0.25, 0.3) is 0 Å². The average molecular weight is 256 g/mol. The number of fused-ring (bicyclic) bond motifs is 2. The van der Waals surface area contributed by atoms with E-state index in [1.54, 1.807) is 0 Å². The van der Waals surface area contributed by atoms with Crippen LogP contribution < -0.4 is 0 Å². The molecule has 0 radical (unpaired) electrons. The lowest BCUT2D eigenvalue weighted by Crippen LogP contribution is -2.41. The quantitative estimate of drug-likeness (QED) is 0.534. The van der Waals surface area contributed by atoms with Gasteiger partial charge in [0.25, 0.3) is 0 Å². The Hall–Kier alpha value is -0.420. The summed E-state index contributed by atoms with van der Waals surface area (Å²) in [4.78, 5) is 0. The Morgan fingerprint density at radius 3 is 1.17 bits per heavy atom. The van der Waals surface area contributed by atoms with E-state index in [0.29, 0.717) is 0 Å². The summed E-state index contributed by atoms with van der Waals surface area (Å²) in [5.41, 5.74) is 2.46. The zero-order valence-corrected chi connectivity index (χ0v) is 11.1. The molecule has 2 aliphatic carbocycles. The summed E-state index contributed by atoms with van der Waals surface area (Å²) in [6.45, 7) is 4.24. The summed E-state index contributed by atoms with van der Waals surface area (Å²) in [5, 5.41) is 38.3. The SMILES string of the molecule is CC(C)=C1C2[C@@H](CO)[C@@H](CO)C1[C@@H](CO)[C@H]2CO. The van der Waals surface area contributed by atoms with E-state index in [1.807, 2.05) is 13.8 Å². The molecule has 4 heteroatoms. The Balaban J connectivity index is 2.46. The maximum atomic E-state index is 9.58. The van der Waals surface area contributed by atoms with E-state index < -0.39 is 0 Å². The van der Waals surface area contributed by atoms with Crippen LogP contribution in [0.3, 0.4) is 0 Å². The Morgan fingerprint density at radius 1 is 0.722 bits per heavy atom. The Bertz CT molecular complexity index is 289. The highest BCUT2D eigenvalue weighted by atomic mass is 16.3. The summed E-state index contributed by atoms with van der Waals surface area (Å²) in [7, 11) is 0. The van der Waals surface area contributed by atoms with Gasteiger partial charge in [-0.15, -0.1) is 0 Å². The normalized spacial score (nSPS) is 42.7. The highest BCUT2D eigenvalue weighted by Crippen LogP contribution is 2.61. The minimum atomic E-state index is 0.0184. The predicted molar refractivity (Wildman–Crippen MR) is 67.7 cm³/mol. The number of aliphatic hydroxyl groups excluding tert-OH is 4. The van der Waals surface area contributed by atoms with Gasteiger partial charge in [0.05, 0.1) is 0 Å². The van der Waals surface area contributed by atoms with Gasteiger partial charge in [0.1, 0.15) is 0 Å². The van der Waals surface area contributed by atoms with Gasteiger partial charge in [0, 0.05) is 26.4 Å². The Labute approximate surface area is 108 Å². The third-order valence-corrected chi connectivity index (χ3v) is 5.08. The maximum Gasteiger partial charge on any atom is 0.0468 e. The van der Waals surface area contributed by atoms with Gasteiger partial charge < -0.3 is 20.4 Å². The molecule has 0 amide bonds. The molecular formula is C14H24O4. The third-order valence-electron chi connectivity index (χ3n) is 5.08. The lowest BCUT2D eigenvalue weighted by Gasteiger charge is -2.37. The van der Waals surface area contributed by atoms with Crippen molar-refractivity contribution in [3.63, 3.8) is 0 Å². The van der Waals surface area contributed by atoms with Crippen LogP contribution in [0.4, 0.5) is 0 Å². The van der Waals surface area contributed by atoms with Crippen molar-refractivity contribution in [3.8, 4) is 0 Å². The smallest absolute Gasteiger partial charge is 0.0468 e. The van der Waals surface area contributed by atoms with Crippen molar-refractivity contribution < 1.29 is 20.4 Å². The topological polar surface area (TPSA) is 80.9 Å².